The van der Waals surface area contributed by atoms with E-state index in [1.807, 2.05) is 18.2 Å². The van der Waals surface area contributed by atoms with Crippen LogP contribution in [0.3, 0.4) is 0 Å². The Bertz CT molecular complexity index is 480. The quantitative estimate of drug-likeness (QED) is 0.872. The average Bonchev–Trinajstić information content (AvgIpc) is 2.83. The number of anilines is 1. The van der Waals surface area contributed by atoms with Crippen LogP contribution < -0.4 is 11.1 Å². The summed E-state index contributed by atoms with van der Waals surface area (Å²) in [7, 11) is 0. The van der Waals surface area contributed by atoms with Gasteiger partial charge in [-0.2, -0.15) is 0 Å². The van der Waals surface area contributed by atoms with Crippen molar-refractivity contribution in [1.82, 2.24) is 4.90 Å². The standard InChI is InChI=1S/C15H21N3O.ClH/c16-9-11-7-8-18(10-11)14-6-5-12-3-1-2-4-13(12)17-15(14)19;/h1-4,11,14H,5-10,16H2,(H,17,19);1H. The van der Waals surface area contributed by atoms with Crippen molar-refractivity contribution in [3.05, 3.63) is 29.8 Å². The van der Waals surface area contributed by atoms with Crippen LogP contribution in [0.15, 0.2) is 24.3 Å². The summed E-state index contributed by atoms with van der Waals surface area (Å²) in [4.78, 5) is 14.7. The fraction of sp³-hybridized carbons (Fsp3) is 0.533. The van der Waals surface area contributed by atoms with E-state index in [9.17, 15) is 4.79 Å². The molecule has 0 aliphatic carbocycles. The lowest BCUT2D eigenvalue weighted by Gasteiger charge is -2.25. The number of nitrogens with one attached hydrogen (secondary N) is 1. The molecule has 0 radical (unpaired) electrons. The number of benzene rings is 1. The van der Waals surface area contributed by atoms with Gasteiger partial charge in [0.1, 0.15) is 0 Å². The van der Waals surface area contributed by atoms with Crippen LogP contribution in [0, 0.1) is 5.92 Å². The number of para-hydroxylation sites is 1. The number of likely N-dealkylation sites (tertiary alicyclic amines) is 1. The zero-order valence-electron chi connectivity index (χ0n) is 11.5. The van der Waals surface area contributed by atoms with E-state index in [2.05, 4.69) is 16.3 Å². The molecule has 3 N–H and O–H groups in total. The summed E-state index contributed by atoms with van der Waals surface area (Å²) in [6, 6.07) is 8.10. The van der Waals surface area contributed by atoms with Gasteiger partial charge in [-0.3, -0.25) is 9.69 Å². The molecule has 0 aromatic heterocycles. The molecule has 0 bridgehead atoms. The van der Waals surface area contributed by atoms with Crippen LogP contribution in [-0.4, -0.2) is 36.5 Å². The highest BCUT2D eigenvalue weighted by atomic mass is 35.5. The third kappa shape index (κ3) is 2.97. The molecule has 1 aromatic carbocycles. The highest BCUT2D eigenvalue weighted by Gasteiger charge is 2.33. The van der Waals surface area contributed by atoms with E-state index < -0.39 is 0 Å². The van der Waals surface area contributed by atoms with Crippen molar-refractivity contribution in [3.63, 3.8) is 0 Å². The SMILES string of the molecule is Cl.NCC1CCN(C2CCc3ccccc3NC2=O)C1. The van der Waals surface area contributed by atoms with Crippen LogP contribution in [0.2, 0.25) is 0 Å². The molecule has 2 aliphatic heterocycles. The molecule has 3 rings (SSSR count). The zero-order valence-corrected chi connectivity index (χ0v) is 12.4. The second-order valence-electron chi connectivity index (χ2n) is 5.59. The summed E-state index contributed by atoms with van der Waals surface area (Å²) in [5.41, 5.74) is 7.95. The van der Waals surface area contributed by atoms with Crippen molar-refractivity contribution >= 4 is 24.0 Å². The number of hydrogen-bond acceptors (Lipinski definition) is 3. The minimum absolute atomic E-state index is 0. The molecular formula is C15H22ClN3O. The number of fused-ring (bicyclic) bond motifs is 1. The minimum Gasteiger partial charge on any atom is -0.330 e. The van der Waals surface area contributed by atoms with Crippen LogP contribution in [0.4, 0.5) is 5.69 Å². The maximum Gasteiger partial charge on any atom is 0.241 e. The molecule has 1 aromatic rings. The first kappa shape index (κ1) is 15.3. The number of aryl methyl sites for hydroxylation is 1. The Kier molecular flexibility index (Phi) is 5.02. The summed E-state index contributed by atoms with van der Waals surface area (Å²) < 4.78 is 0. The Labute approximate surface area is 126 Å². The lowest BCUT2D eigenvalue weighted by molar-refractivity contribution is -0.121. The normalized spacial score (nSPS) is 26.4. The average molecular weight is 296 g/mol. The molecule has 5 heteroatoms. The molecule has 1 fully saturated rings. The predicted octanol–water partition coefficient (Wildman–Crippen LogP) is 1.64. The van der Waals surface area contributed by atoms with Gasteiger partial charge in [-0.1, -0.05) is 18.2 Å². The highest BCUT2D eigenvalue weighted by molar-refractivity contribution is 5.96. The number of carbonyl (C=O) groups excluding carboxylic acids is 1. The first-order valence-electron chi connectivity index (χ1n) is 7.11. The van der Waals surface area contributed by atoms with Gasteiger partial charge in [0.25, 0.3) is 0 Å². The molecule has 2 unspecified atom stereocenters. The van der Waals surface area contributed by atoms with Gasteiger partial charge in [-0.05, 0) is 49.9 Å². The first-order valence-corrected chi connectivity index (χ1v) is 7.11. The third-order valence-corrected chi connectivity index (χ3v) is 4.36. The van der Waals surface area contributed by atoms with Crippen LogP contribution in [0.1, 0.15) is 18.4 Å². The fourth-order valence-corrected chi connectivity index (χ4v) is 3.19. The van der Waals surface area contributed by atoms with Crippen molar-refractivity contribution < 1.29 is 4.79 Å². The van der Waals surface area contributed by atoms with Crippen LogP contribution >= 0.6 is 12.4 Å². The molecule has 2 aliphatic rings. The monoisotopic (exact) mass is 295 g/mol. The van der Waals surface area contributed by atoms with Crippen molar-refractivity contribution in [3.8, 4) is 0 Å². The number of carbonyl (C=O) groups is 1. The molecule has 1 amide bonds. The Morgan fingerprint density at radius 3 is 2.85 bits per heavy atom. The van der Waals surface area contributed by atoms with Gasteiger partial charge in [0.2, 0.25) is 5.91 Å². The van der Waals surface area contributed by atoms with Gasteiger partial charge in [0, 0.05) is 12.2 Å². The molecule has 1 saturated heterocycles. The lowest BCUT2D eigenvalue weighted by atomic mass is 10.1. The van der Waals surface area contributed by atoms with E-state index in [1.54, 1.807) is 0 Å². The van der Waals surface area contributed by atoms with E-state index >= 15 is 0 Å². The molecular weight excluding hydrogens is 274 g/mol. The maximum absolute atomic E-state index is 12.4. The summed E-state index contributed by atoms with van der Waals surface area (Å²) in [5, 5.41) is 3.07. The van der Waals surface area contributed by atoms with Gasteiger partial charge < -0.3 is 11.1 Å². The van der Waals surface area contributed by atoms with Gasteiger partial charge in [0.15, 0.2) is 0 Å². The Morgan fingerprint density at radius 1 is 1.30 bits per heavy atom. The van der Waals surface area contributed by atoms with Crippen molar-refractivity contribution in [2.24, 2.45) is 11.7 Å². The smallest absolute Gasteiger partial charge is 0.241 e. The summed E-state index contributed by atoms with van der Waals surface area (Å²) >= 11 is 0. The number of nitrogens with two attached hydrogens (primary N) is 1. The van der Waals surface area contributed by atoms with Crippen LogP contribution in [0.25, 0.3) is 0 Å². The number of halogens is 1. The molecule has 2 heterocycles. The number of amides is 1. The van der Waals surface area contributed by atoms with Gasteiger partial charge in [-0.15, -0.1) is 12.4 Å². The molecule has 4 nitrogen and oxygen atoms in total. The molecule has 20 heavy (non-hydrogen) atoms. The third-order valence-electron chi connectivity index (χ3n) is 4.36. The summed E-state index contributed by atoms with van der Waals surface area (Å²) in [6.45, 7) is 2.69. The van der Waals surface area contributed by atoms with Crippen LogP contribution in [0.5, 0.6) is 0 Å². The van der Waals surface area contributed by atoms with Gasteiger partial charge >= 0.3 is 0 Å². The number of nitrogens with zero attached hydrogens (tertiary/aromatic N) is 1. The second kappa shape index (κ2) is 6.57. The lowest BCUT2D eigenvalue weighted by Crippen LogP contribution is -2.42. The second-order valence-corrected chi connectivity index (χ2v) is 5.59. The zero-order chi connectivity index (χ0) is 13.2. The van der Waals surface area contributed by atoms with Crippen molar-refractivity contribution in [1.29, 1.82) is 0 Å². The van der Waals surface area contributed by atoms with E-state index in [4.69, 9.17) is 5.73 Å². The van der Waals surface area contributed by atoms with E-state index in [0.717, 1.165) is 44.6 Å². The highest BCUT2D eigenvalue weighted by Crippen LogP contribution is 2.26. The van der Waals surface area contributed by atoms with Gasteiger partial charge in [-0.25, -0.2) is 0 Å². The maximum atomic E-state index is 12.4. The molecule has 110 valence electrons. The van der Waals surface area contributed by atoms with E-state index in [1.165, 1.54) is 5.56 Å². The molecule has 0 saturated carbocycles. The first-order chi connectivity index (χ1) is 9.28. The Balaban J connectivity index is 0.00000147. The predicted molar refractivity (Wildman–Crippen MR) is 83.2 cm³/mol. The Hall–Kier alpha value is -1.10. The van der Waals surface area contributed by atoms with Crippen molar-refractivity contribution in [2.45, 2.75) is 25.3 Å². The number of hydrogen-bond donors (Lipinski definition) is 2. The summed E-state index contributed by atoms with van der Waals surface area (Å²) in [6.07, 6.45) is 2.98. The van der Waals surface area contributed by atoms with Gasteiger partial charge in [0.05, 0.1) is 6.04 Å². The topological polar surface area (TPSA) is 58.4 Å². The molecule has 2 atom stereocenters. The van der Waals surface area contributed by atoms with Crippen LogP contribution in [-0.2, 0) is 11.2 Å². The number of rotatable bonds is 2. The van der Waals surface area contributed by atoms with E-state index in [-0.39, 0.29) is 24.4 Å². The minimum atomic E-state index is 0. The summed E-state index contributed by atoms with van der Waals surface area (Å²) in [5.74, 6) is 0.695. The van der Waals surface area contributed by atoms with Crippen molar-refractivity contribution in [2.75, 3.05) is 25.0 Å². The van der Waals surface area contributed by atoms with E-state index in [0.29, 0.717) is 5.92 Å². The fourth-order valence-electron chi connectivity index (χ4n) is 3.19. The Morgan fingerprint density at radius 2 is 2.10 bits per heavy atom. The molecule has 0 spiro atoms. The largest absolute Gasteiger partial charge is 0.330 e.